The number of hydrogen-bond acceptors (Lipinski definition) is 1. The first-order chi connectivity index (χ1) is 8.84. The molecule has 0 N–H and O–H groups in total. The summed E-state index contributed by atoms with van der Waals surface area (Å²) in [6.07, 6.45) is 3.93. The normalized spacial score (nSPS) is 10.5. The average molecular weight is 234 g/mol. The molecule has 0 unspecified atom stereocenters. The molecular weight excluding hydrogens is 220 g/mol. The second-order valence-electron chi connectivity index (χ2n) is 4.32. The first kappa shape index (κ1) is 10.8. The maximum atomic E-state index is 4.47. The Hall–Kier alpha value is -2.35. The maximum Gasteiger partial charge on any atom is 0.0999 e. The van der Waals surface area contributed by atoms with Gasteiger partial charge in [0.15, 0.2) is 0 Å². The number of nitrogens with zero attached hydrogens (tertiary/aromatic N) is 2. The second-order valence-corrected chi connectivity index (χ2v) is 4.32. The van der Waals surface area contributed by atoms with Gasteiger partial charge in [-0.15, -0.1) is 0 Å². The van der Waals surface area contributed by atoms with Gasteiger partial charge in [-0.1, -0.05) is 48.5 Å². The van der Waals surface area contributed by atoms with Crippen LogP contribution in [-0.2, 0) is 0 Å². The minimum atomic E-state index is 0.999. The lowest BCUT2D eigenvalue weighted by atomic mass is 10.2. The summed E-state index contributed by atoms with van der Waals surface area (Å²) in [7, 11) is 0. The lowest BCUT2D eigenvalue weighted by Gasteiger charge is -2.04. The monoisotopic (exact) mass is 234 g/mol. The van der Waals surface area contributed by atoms with Crippen molar-refractivity contribution < 1.29 is 0 Å². The number of hydrogen-bond donors (Lipinski definition) is 0. The zero-order valence-electron chi connectivity index (χ0n) is 10.2. The van der Waals surface area contributed by atoms with Crippen molar-refractivity contribution >= 4 is 0 Å². The van der Waals surface area contributed by atoms with E-state index >= 15 is 0 Å². The molecule has 0 spiro atoms. The van der Waals surface area contributed by atoms with Gasteiger partial charge in [-0.05, 0) is 18.6 Å². The molecule has 0 atom stereocenters. The van der Waals surface area contributed by atoms with E-state index in [0.29, 0.717) is 0 Å². The Morgan fingerprint density at radius 3 is 2.39 bits per heavy atom. The van der Waals surface area contributed by atoms with E-state index in [9.17, 15) is 0 Å². The Kier molecular flexibility index (Phi) is 2.69. The van der Waals surface area contributed by atoms with Crippen molar-refractivity contribution in [3.05, 3.63) is 72.7 Å². The Bertz CT molecular complexity index is 654. The van der Waals surface area contributed by atoms with Crippen LogP contribution in [0, 0.1) is 6.92 Å². The Morgan fingerprint density at radius 1 is 0.889 bits per heavy atom. The predicted octanol–water partition coefficient (Wildman–Crippen LogP) is 3.85. The number of aryl methyl sites for hydroxylation is 1. The molecule has 0 saturated carbocycles. The number of para-hydroxylation sites is 1. The fourth-order valence-electron chi connectivity index (χ4n) is 2.07. The van der Waals surface area contributed by atoms with E-state index in [1.54, 1.807) is 0 Å². The number of imidazole rings is 1. The lowest BCUT2D eigenvalue weighted by molar-refractivity contribution is 1.04. The van der Waals surface area contributed by atoms with Crippen molar-refractivity contribution in [1.82, 2.24) is 9.55 Å². The van der Waals surface area contributed by atoms with Crippen LogP contribution in [0.5, 0.6) is 0 Å². The van der Waals surface area contributed by atoms with Crippen molar-refractivity contribution in [1.29, 1.82) is 0 Å². The van der Waals surface area contributed by atoms with Crippen LogP contribution in [-0.4, -0.2) is 9.55 Å². The van der Waals surface area contributed by atoms with Crippen LogP contribution in [0.4, 0.5) is 0 Å². The fraction of sp³-hybridized carbons (Fsp3) is 0.0625. The zero-order valence-corrected chi connectivity index (χ0v) is 10.2. The molecule has 1 heterocycles. The summed E-state index contributed by atoms with van der Waals surface area (Å²) >= 11 is 0. The molecule has 0 aliphatic carbocycles. The molecule has 0 amide bonds. The van der Waals surface area contributed by atoms with E-state index < -0.39 is 0 Å². The summed E-state index contributed by atoms with van der Waals surface area (Å²) in [5, 5.41) is 0. The summed E-state index contributed by atoms with van der Waals surface area (Å²) < 4.78 is 2.07. The molecule has 0 saturated heterocycles. The van der Waals surface area contributed by atoms with Gasteiger partial charge >= 0.3 is 0 Å². The number of benzene rings is 2. The zero-order chi connectivity index (χ0) is 12.4. The van der Waals surface area contributed by atoms with Crippen LogP contribution in [0.15, 0.2) is 67.1 Å². The highest BCUT2D eigenvalue weighted by Gasteiger charge is 2.04. The van der Waals surface area contributed by atoms with Crippen LogP contribution in [0.3, 0.4) is 0 Å². The van der Waals surface area contributed by atoms with E-state index in [1.807, 2.05) is 36.7 Å². The molecular formula is C16H14N2. The quantitative estimate of drug-likeness (QED) is 0.658. The van der Waals surface area contributed by atoms with Crippen LogP contribution < -0.4 is 0 Å². The summed E-state index contributed by atoms with van der Waals surface area (Å²) in [5.74, 6) is 0. The van der Waals surface area contributed by atoms with Gasteiger partial charge in [-0.25, -0.2) is 4.98 Å². The van der Waals surface area contributed by atoms with Gasteiger partial charge < -0.3 is 4.57 Å². The third kappa shape index (κ3) is 1.93. The van der Waals surface area contributed by atoms with Crippen molar-refractivity contribution in [3.8, 4) is 16.9 Å². The predicted molar refractivity (Wildman–Crippen MR) is 73.7 cm³/mol. The van der Waals surface area contributed by atoms with E-state index in [1.165, 1.54) is 11.3 Å². The summed E-state index contributed by atoms with van der Waals surface area (Å²) in [5.41, 5.74) is 4.56. The third-order valence-corrected chi connectivity index (χ3v) is 3.05. The summed E-state index contributed by atoms with van der Waals surface area (Å²) in [4.78, 5) is 4.47. The Morgan fingerprint density at radius 2 is 1.61 bits per heavy atom. The van der Waals surface area contributed by atoms with E-state index in [2.05, 4.69) is 46.9 Å². The van der Waals surface area contributed by atoms with Gasteiger partial charge in [0, 0.05) is 17.4 Å². The molecule has 2 aromatic carbocycles. The van der Waals surface area contributed by atoms with Gasteiger partial charge in [-0.3, -0.25) is 0 Å². The highest BCUT2D eigenvalue weighted by atomic mass is 15.0. The lowest BCUT2D eigenvalue weighted by Crippen LogP contribution is -1.92. The number of rotatable bonds is 2. The molecule has 0 fully saturated rings. The topological polar surface area (TPSA) is 17.8 Å². The van der Waals surface area contributed by atoms with Crippen molar-refractivity contribution in [3.63, 3.8) is 0 Å². The Balaban J connectivity index is 2.03. The maximum absolute atomic E-state index is 4.47. The van der Waals surface area contributed by atoms with Crippen LogP contribution in [0.1, 0.15) is 5.56 Å². The van der Waals surface area contributed by atoms with Crippen molar-refractivity contribution in [2.45, 2.75) is 6.92 Å². The van der Waals surface area contributed by atoms with Gasteiger partial charge in [0.25, 0.3) is 0 Å². The molecule has 0 aliphatic heterocycles. The third-order valence-electron chi connectivity index (χ3n) is 3.05. The minimum Gasteiger partial charge on any atom is -0.305 e. The van der Waals surface area contributed by atoms with E-state index in [-0.39, 0.29) is 0 Å². The highest BCUT2D eigenvalue weighted by molar-refractivity contribution is 5.58. The first-order valence-electron chi connectivity index (χ1n) is 6.00. The molecule has 0 aliphatic rings. The van der Waals surface area contributed by atoms with Gasteiger partial charge in [0.05, 0.1) is 12.0 Å². The highest BCUT2D eigenvalue weighted by Crippen LogP contribution is 2.19. The van der Waals surface area contributed by atoms with Crippen molar-refractivity contribution in [2.24, 2.45) is 0 Å². The molecule has 2 heteroatoms. The largest absolute Gasteiger partial charge is 0.305 e. The summed E-state index contributed by atoms with van der Waals surface area (Å²) in [6, 6.07) is 18.5. The SMILES string of the molecule is Cc1ccccc1-n1cnc(-c2ccccc2)c1. The van der Waals surface area contributed by atoms with Crippen LogP contribution in [0.2, 0.25) is 0 Å². The molecule has 3 aromatic rings. The van der Waals surface area contributed by atoms with Crippen LogP contribution in [0.25, 0.3) is 16.9 Å². The minimum absolute atomic E-state index is 0.999. The van der Waals surface area contributed by atoms with E-state index in [0.717, 1.165) is 11.3 Å². The summed E-state index contributed by atoms with van der Waals surface area (Å²) in [6.45, 7) is 2.11. The van der Waals surface area contributed by atoms with E-state index in [4.69, 9.17) is 0 Å². The first-order valence-corrected chi connectivity index (χ1v) is 6.00. The van der Waals surface area contributed by atoms with Crippen LogP contribution >= 0.6 is 0 Å². The standard InChI is InChI=1S/C16H14N2/c1-13-7-5-6-10-16(13)18-11-15(17-12-18)14-8-3-2-4-9-14/h2-12H,1H3. The molecule has 0 bridgehead atoms. The number of aromatic nitrogens is 2. The van der Waals surface area contributed by atoms with Crippen molar-refractivity contribution in [2.75, 3.05) is 0 Å². The average Bonchev–Trinajstić information content (AvgIpc) is 2.90. The molecule has 1 aromatic heterocycles. The second kappa shape index (κ2) is 4.49. The molecule has 2 nitrogen and oxygen atoms in total. The molecule has 18 heavy (non-hydrogen) atoms. The fourth-order valence-corrected chi connectivity index (χ4v) is 2.07. The van der Waals surface area contributed by atoms with Gasteiger partial charge in [-0.2, -0.15) is 0 Å². The molecule has 0 radical (unpaired) electrons. The van der Waals surface area contributed by atoms with Gasteiger partial charge in [0.2, 0.25) is 0 Å². The van der Waals surface area contributed by atoms with Gasteiger partial charge in [0.1, 0.15) is 0 Å². The smallest absolute Gasteiger partial charge is 0.0999 e. The molecule has 3 rings (SSSR count). The Labute approximate surface area is 107 Å². The molecule has 88 valence electrons.